The average Bonchev–Trinajstić information content (AvgIpc) is 3.47. The first-order valence-corrected chi connectivity index (χ1v) is 11.7. The van der Waals surface area contributed by atoms with E-state index in [2.05, 4.69) is 25.4 Å². The molecule has 1 fully saturated rings. The Bertz CT molecular complexity index is 1590. The molecular formula is C25H22F3N7O2. The summed E-state index contributed by atoms with van der Waals surface area (Å²) in [6.45, 7) is 2.20. The summed E-state index contributed by atoms with van der Waals surface area (Å²) in [4.78, 5) is 20.1. The topological polar surface area (TPSA) is 94.0 Å². The molecule has 6 rings (SSSR count). The summed E-state index contributed by atoms with van der Waals surface area (Å²) in [6.07, 6.45) is 4.08. The number of hydrogen-bond donors (Lipinski definition) is 1. The molecule has 190 valence electrons. The maximum Gasteiger partial charge on any atom is 0.329 e. The van der Waals surface area contributed by atoms with Crippen LogP contribution in [0.25, 0.3) is 28.1 Å². The van der Waals surface area contributed by atoms with Crippen LogP contribution in [0.3, 0.4) is 0 Å². The standard InChI is InChI=1S/C25H22F3N7O2/c1-33-12-17(13-33)35-21-7-18(14-3-2-6-29-9-14)19(26)8-20(21)34(25(35)36)11-16-5-4-15(10-30-16)23-31-32-24(37-23)22(27)28/h2-5,7-10,17,22,29H,6,11-13H2,1H3. The Labute approximate surface area is 208 Å². The summed E-state index contributed by atoms with van der Waals surface area (Å²) >= 11 is 0. The average molecular weight is 509 g/mol. The molecule has 0 amide bonds. The van der Waals surface area contributed by atoms with Crippen molar-refractivity contribution in [3.05, 3.63) is 82.3 Å². The number of nitrogens with one attached hydrogen (secondary N) is 1. The van der Waals surface area contributed by atoms with Gasteiger partial charge in [-0.25, -0.2) is 9.18 Å². The fourth-order valence-electron chi connectivity index (χ4n) is 4.74. The van der Waals surface area contributed by atoms with Crippen molar-refractivity contribution in [3.8, 4) is 11.5 Å². The van der Waals surface area contributed by atoms with E-state index in [-0.39, 0.29) is 24.2 Å². The molecule has 4 aromatic rings. The van der Waals surface area contributed by atoms with Crippen molar-refractivity contribution in [2.45, 2.75) is 19.0 Å². The fraction of sp³-hybridized carbons (Fsp3) is 0.280. The molecule has 0 unspecified atom stereocenters. The first kappa shape index (κ1) is 23.2. The van der Waals surface area contributed by atoms with Gasteiger partial charge in [0.2, 0.25) is 5.89 Å². The molecule has 9 nitrogen and oxygen atoms in total. The van der Waals surface area contributed by atoms with Crippen molar-refractivity contribution in [3.63, 3.8) is 0 Å². The minimum Gasteiger partial charge on any atom is -0.415 e. The molecule has 2 aliphatic rings. The van der Waals surface area contributed by atoms with Gasteiger partial charge in [-0.15, -0.1) is 10.2 Å². The Balaban J connectivity index is 1.39. The molecule has 0 aliphatic carbocycles. The molecule has 0 radical (unpaired) electrons. The molecule has 0 atom stereocenters. The second-order valence-electron chi connectivity index (χ2n) is 9.13. The number of alkyl halides is 2. The monoisotopic (exact) mass is 509 g/mol. The van der Waals surface area contributed by atoms with E-state index in [1.165, 1.54) is 16.8 Å². The van der Waals surface area contributed by atoms with Crippen molar-refractivity contribution >= 4 is 16.6 Å². The van der Waals surface area contributed by atoms with Gasteiger partial charge < -0.3 is 14.6 Å². The van der Waals surface area contributed by atoms with Crippen molar-refractivity contribution in [2.75, 3.05) is 26.7 Å². The van der Waals surface area contributed by atoms with E-state index in [1.807, 2.05) is 19.2 Å². The summed E-state index contributed by atoms with van der Waals surface area (Å²) in [6, 6.07) is 6.35. The summed E-state index contributed by atoms with van der Waals surface area (Å²) in [5.41, 5.74) is 2.89. The zero-order valence-electron chi connectivity index (χ0n) is 19.7. The second-order valence-corrected chi connectivity index (χ2v) is 9.13. The number of imidazole rings is 1. The van der Waals surface area contributed by atoms with Gasteiger partial charge >= 0.3 is 12.1 Å². The Hall–Kier alpha value is -4.19. The van der Waals surface area contributed by atoms with Gasteiger partial charge in [0.1, 0.15) is 5.82 Å². The maximum atomic E-state index is 15.3. The van der Waals surface area contributed by atoms with Gasteiger partial charge in [0.25, 0.3) is 5.89 Å². The molecule has 37 heavy (non-hydrogen) atoms. The lowest BCUT2D eigenvalue weighted by atomic mass is 10.0. The van der Waals surface area contributed by atoms with E-state index >= 15 is 4.39 Å². The van der Waals surface area contributed by atoms with Crippen LogP contribution in [0, 0.1) is 5.82 Å². The van der Waals surface area contributed by atoms with Crippen LogP contribution in [0.1, 0.15) is 29.6 Å². The van der Waals surface area contributed by atoms with Crippen molar-refractivity contribution in [2.24, 2.45) is 0 Å². The molecule has 3 aromatic heterocycles. The first-order chi connectivity index (χ1) is 17.9. The van der Waals surface area contributed by atoms with E-state index in [4.69, 9.17) is 4.42 Å². The van der Waals surface area contributed by atoms with Gasteiger partial charge in [0.05, 0.1) is 34.9 Å². The number of likely N-dealkylation sites (tertiary alicyclic amines) is 1. The van der Waals surface area contributed by atoms with Gasteiger partial charge in [0.15, 0.2) is 0 Å². The molecule has 5 heterocycles. The molecular weight excluding hydrogens is 487 g/mol. The molecule has 0 spiro atoms. The number of benzene rings is 1. The molecule has 1 saturated heterocycles. The highest BCUT2D eigenvalue weighted by molar-refractivity contribution is 5.85. The van der Waals surface area contributed by atoms with E-state index in [1.54, 1.807) is 29.0 Å². The number of aromatic nitrogens is 5. The molecule has 1 aromatic carbocycles. The van der Waals surface area contributed by atoms with Crippen LogP contribution in [0.4, 0.5) is 13.2 Å². The van der Waals surface area contributed by atoms with Gasteiger partial charge in [-0.1, -0.05) is 12.2 Å². The SMILES string of the molecule is CN1CC(n2c(=O)n(Cc3ccc(-c4nnc(C(F)F)o4)cn3)c3cc(F)c(C4=CNCC=C4)cc32)C1. The first-order valence-electron chi connectivity index (χ1n) is 11.7. The van der Waals surface area contributed by atoms with E-state index in [0.717, 1.165) is 0 Å². The van der Waals surface area contributed by atoms with Gasteiger partial charge in [-0.3, -0.25) is 14.1 Å². The maximum absolute atomic E-state index is 15.3. The normalized spacial score (nSPS) is 16.3. The predicted molar refractivity (Wildman–Crippen MR) is 129 cm³/mol. The molecule has 1 N–H and O–H groups in total. The Morgan fingerprint density at radius 3 is 2.68 bits per heavy atom. The quantitative estimate of drug-likeness (QED) is 0.426. The van der Waals surface area contributed by atoms with Gasteiger partial charge in [-0.2, -0.15) is 8.78 Å². The van der Waals surface area contributed by atoms with Gasteiger partial charge in [0, 0.05) is 49.2 Å². The van der Waals surface area contributed by atoms with Crippen LogP contribution in [-0.2, 0) is 6.54 Å². The number of allylic oxidation sites excluding steroid dienone is 2. The van der Waals surface area contributed by atoms with Crippen LogP contribution in [-0.4, -0.2) is 55.9 Å². The summed E-state index contributed by atoms with van der Waals surface area (Å²) in [5, 5.41) is 10.0. The lowest BCUT2D eigenvalue weighted by Crippen LogP contribution is -2.48. The van der Waals surface area contributed by atoms with E-state index in [0.29, 0.717) is 53.1 Å². The zero-order chi connectivity index (χ0) is 25.7. The van der Waals surface area contributed by atoms with E-state index < -0.39 is 18.1 Å². The number of hydrogen-bond acceptors (Lipinski definition) is 7. The lowest BCUT2D eigenvalue weighted by Gasteiger charge is -2.36. The summed E-state index contributed by atoms with van der Waals surface area (Å²) < 4.78 is 49.0. The number of rotatable bonds is 6. The molecule has 2 aliphatic heterocycles. The van der Waals surface area contributed by atoms with Crippen LogP contribution in [0.5, 0.6) is 0 Å². The summed E-state index contributed by atoms with van der Waals surface area (Å²) in [5.74, 6) is -1.28. The second kappa shape index (κ2) is 9.04. The number of likely N-dealkylation sites (N-methyl/N-ethyl adjacent to an activating group) is 1. The molecule has 0 saturated carbocycles. The number of nitrogens with zero attached hydrogens (tertiary/aromatic N) is 6. The van der Waals surface area contributed by atoms with Crippen molar-refractivity contribution < 1.29 is 17.6 Å². The number of pyridine rings is 1. The van der Waals surface area contributed by atoms with Crippen molar-refractivity contribution in [1.29, 1.82) is 0 Å². The van der Waals surface area contributed by atoms with E-state index in [9.17, 15) is 13.6 Å². The minimum atomic E-state index is -2.87. The smallest absolute Gasteiger partial charge is 0.329 e. The fourth-order valence-corrected chi connectivity index (χ4v) is 4.74. The zero-order valence-corrected chi connectivity index (χ0v) is 19.7. The largest absolute Gasteiger partial charge is 0.415 e. The highest BCUT2D eigenvalue weighted by Crippen LogP contribution is 2.30. The molecule has 0 bridgehead atoms. The van der Waals surface area contributed by atoms with Crippen LogP contribution < -0.4 is 11.0 Å². The Morgan fingerprint density at radius 2 is 2.03 bits per heavy atom. The third-order valence-corrected chi connectivity index (χ3v) is 6.58. The summed E-state index contributed by atoms with van der Waals surface area (Å²) in [7, 11) is 1.98. The number of halogens is 3. The van der Waals surface area contributed by atoms with Crippen molar-refractivity contribution in [1.82, 2.24) is 34.5 Å². The highest BCUT2D eigenvalue weighted by atomic mass is 19.3. The minimum absolute atomic E-state index is 0.0227. The van der Waals surface area contributed by atoms with Crippen LogP contribution >= 0.6 is 0 Å². The van der Waals surface area contributed by atoms with Crippen LogP contribution in [0.2, 0.25) is 0 Å². The predicted octanol–water partition coefficient (Wildman–Crippen LogP) is 3.36. The molecule has 12 heteroatoms. The third kappa shape index (κ3) is 4.12. The van der Waals surface area contributed by atoms with Gasteiger partial charge in [-0.05, 0) is 25.2 Å². The Morgan fingerprint density at radius 1 is 1.19 bits per heavy atom. The Kier molecular flexibility index (Phi) is 5.67. The highest BCUT2D eigenvalue weighted by Gasteiger charge is 2.30. The third-order valence-electron chi connectivity index (χ3n) is 6.58. The number of dihydropyridines is 1. The lowest BCUT2D eigenvalue weighted by molar-refractivity contribution is 0.116. The van der Waals surface area contributed by atoms with Crippen LogP contribution in [0.15, 0.2) is 58.0 Å². The number of fused-ring (bicyclic) bond motifs is 1.